The molecule has 1 heterocycles. The van der Waals surface area contributed by atoms with Crippen molar-refractivity contribution in [1.29, 1.82) is 0 Å². The van der Waals surface area contributed by atoms with Crippen LogP contribution in [-0.2, 0) is 0 Å². The van der Waals surface area contributed by atoms with Crippen molar-refractivity contribution in [3.05, 3.63) is 52.3 Å². The lowest BCUT2D eigenvalue weighted by Gasteiger charge is -1.96. The molecule has 0 saturated heterocycles. The van der Waals surface area contributed by atoms with Crippen LogP contribution < -0.4 is 0 Å². The third-order valence-electron chi connectivity index (χ3n) is 2.90. The van der Waals surface area contributed by atoms with Crippen molar-refractivity contribution < 1.29 is 14.3 Å². The first-order valence-corrected chi connectivity index (χ1v) is 6.52. The number of H-pyrrole nitrogens is 1. The molecule has 6 heteroatoms. The van der Waals surface area contributed by atoms with E-state index in [4.69, 9.17) is 5.11 Å². The first-order chi connectivity index (χ1) is 9.54. The average Bonchev–Trinajstić information content (AvgIpc) is 2.84. The fraction of sp³-hybridized carbons (Fsp3) is 0. The number of aromatic nitrogens is 2. The minimum atomic E-state index is -1.01. The minimum absolute atomic E-state index is 0.165. The number of carboxylic acid groups (broad SMARTS) is 1. The van der Waals surface area contributed by atoms with E-state index < -0.39 is 5.97 Å². The highest BCUT2D eigenvalue weighted by atomic mass is 79.9. The second-order valence-electron chi connectivity index (χ2n) is 4.25. The molecule has 0 amide bonds. The highest BCUT2D eigenvalue weighted by molar-refractivity contribution is 9.10. The van der Waals surface area contributed by atoms with E-state index in [1.807, 2.05) is 0 Å². The molecule has 0 fully saturated rings. The zero-order valence-electron chi connectivity index (χ0n) is 10.0. The maximum Gasteiger partial charge on any atom is 0.335 e. The van der Waals surface area contributed by atoms with Gasteiger partial charge in [-0.3, -0.25) is 0 Å². The van der Waals surface area contributed by atoms with E-state index in [-0.39, 0.29) is 11.4 Å². The summed E-state index contributed by atoms with van der Waals surface area (Å²) in [6.07, 6.45) is 0. The van der Waals surface area contributed by atoms with Crippen LogP contribution in [0, 0.1) is 5.82 Å². The molecule has 0 saturated carbocycles. The number of nitrogens with one attached hydrogen (secondary N) is 1. The number of hydrogen-bond acceptors (Lipinski definition) is 2. The molecule has 0 aliphatic rings. The molecule has 20 heavy (non-hydrogen) atoms. The Kier molecular flexibility index (Phi) is 3.02. The predicted molar refractivity (Wildman–Crippen MR) is 76.1 cm³/mol. The zero-order chi connectivity index (χ0) is 14.3. The zero-order valence-corrected chi connectivity index (χ0v) is 11.6. The van der Waals surface area contributed by atoms with Crippen LogP contribution in [0.5, 0.6) is 0 Å². The standard InChI is InChI=1S/C14H8BrFN2O2/c15-10-5-8(14(19)20)6-11-12(10)18-13(17-11)7-1-3-9(16)4-2-7/h1-6H,(H,17,18)(H,19,20). The van der Waals surface area contributed by atoms with Crippen LogP contribution in [0.1, 0.15) is 10.4 Å². The molecular formula is C14H8BrFN2O2. The molecule has 3 aromatic rings. The van der Waals surface area contributed by atoms with Crippen molar-refractivity contribution in [2.45, 2.75) is 0 Å². The molecule has 0 aliphatic heterocycles. The Balaban J connectivity index is 2.17. The molecule has 4 nitrogen and oxygen atoms in total. The Morgan fingerprint density at radius 3 is 2.60 bits per heavy atom. The summed E-state index contributed by atoms with van der Waals surface area (Å²) in [5.74, 6) is -0.770. The van der Waals surface area contributed by atoms with E-state index >= 15 is 0 Å². The van der Waals surface area contributed by atoms with Crippen molar-refractivity contribution in [3.8, 4) is 11.4 Å². The quantitative estimate of drug-likeness (QED) is 0.748. The van der Waals surface area contributed by atoms with E-state index in [1.54, 1.807) is 12.1 Å². The lowest BCUT2D eigenvalue weighted by atomic mass is 10.2. The number of carbonyl (C=O) groups is 1. The number of imidazole rings is 1. The van der Waals surface area contributed by atoms with Crippen molar-refractivity contribution in [2.75, 3.05) is 0 Å². The van der Waals surface area contributed by atoms with Gasteiger partial charge in [-0.15, -0.1) is 0 Å². The largest absolute Gasteiger partial charge is 0.478 e. The summed E-state index contributed by atoms with van der Waals surface area (Å²) in [7, 11) is 0. The lowest BCUT2D eigenvalue weighted by molar-refractivity contribution is 0.0697. The Hall–Kier alpha value is -2.21. The molecule has 100 valence electrons. The molecule has 3 rings (SSSR count). The van der Waals surface area contributed by atoms with E-state index in [9.17, 15) is 9.18 Å². The molecule has 0 radical (unpaired) electrons. The van der Waals surface area contributed by atoms with Gasteiger partial charge in [-0.1, -0.05) is 0 Å². The molecule has 0 bridgehead atoms. The maximum atomic E-state index is 12.9. The summed E-state index contributed by atoms with van der Waals surface area (Å²) in [4.78, 5) is 18.4. The number of carboxylic acids is 1. The summed E-state index contributed by atoms with van der Waals surface area (Å²) in [6, 6.07) is 8.93. The van der Waals surface area contributed by atoms with Gasteiger partial charge in [-0.25, -0.2) is 14.2 Å². The van der Waals surface area contributed by atoms with Gasteiger partial charge in [-0.2, -0.15) is 0 Å². The van der Waals surface area contributed by atoms with E-state index in [1.165, 1.54) is 24.3 Å². The highest BCUT2D eigenvalue weighted by Gasteiger charge is 2.12. The summed E-state index contributed by atoms with van der Waals surface area (Å²) in [5.41, 5.74) is 2.13. The number of benzene rings is 2. The molecule has 2 N–H and O–H groups in total. The van der Waals surface area contributed by atoms with E-state index in [2.05, 4.69) is 25.9 Å². The number of aromatic amines is 1. The van der Waals surface area contributed by atoms with Gasteiger partial charge in [0, 0.05) is 10.0 Å². The Bertz CT molecular complexity index is 812. The second-order valence-corrected chi connectivity index (χ2v) is 5.11. The second kappa shape index (κ2) is 4.72. The third kappa shape index (κ3) is 2.18. The summed E-state index contributed by atoms with van der Waals surface area (Å²) in [5, 5.41) is 9.03. The number of fused-ring (bicyclic) bond motifs is 1. The number of nitrogens with zero attached hydrogens (tertiary/aromatic N) is 1. The SMILES string of the molecule is O=C(O)c1cc(Br)c2nc(-c3ccc(F)cc3)[nH]c2c1. The van der Waals surface area contributed by atoms with Gasteiger partial charge in [0.05, 0.1) is 11.1 Å². The fourth-order valence-corrected chi connectivity index (χ4v) is 2.49. The van der Waals surface area contributed by atoms with Gasteiger partial charge in [0.1, 0.15) is 17.2 Å². The maximum absolute atomic E-state index is 12.9. The first-order valence-electron chi connectivity index (χ1n) is 5.73. The number of rotatable bonds is 2. The lowest BCUT2D eigenvalue weighted by Crippen LogP contribution is -1.95. The highest BCUT2D eigenvalue weighted by Crippen LogP contribution is 2.27. The number of halogens is 2. The van der Waals surface area contributed by atoms with Crippen molar-refractivity contribution in [1.82, 2.24) is 9.97 Å². The molecular weight excluding hydrogens is 327 g/mol. The molecule has 0 aliphatic carbocycles. The number of aromatic carboxylic acids is 1. The topological polar surface area (TPSA) is 66.0 Å². The van der Waals surface area contributed by atoms with Crippen LogP contribution in [0.4, 0.5) is 4.39 Å². The minimum Gasteiger partial charge on any atom is -0.478 e. The van der Waals surface area contributed by atoms with Gasteiger partial charge >= 0.3 is 5.97 Å². The predicted octanol–water partition coefficient (Wildman–Crippen LogP) is 3.83. The van der Waals surface area contributed by atoms with Gasteiger partial charge in [-0.05, 0) is 52.3 Å². The van der Waals surface area contributed by atoms with Crippen LogP contribution in [-0.4, -0.2) is 21.0 Å². The monoisotopic (exact) mass is 334 g/mol. The number of hydrogen-bond donors (Lipinski definition) is 2. The molecule has 0 unspecified atom stereocenters. The Labute approximate surface area is 121 Å². The summed E-state index contributed by atoms with van der Waals surface area (Å²) < 4.78 is 13.5. The van der Waals surface area contributed by atoms with Crippen LogP contribution >= 0.6 is 15.9 Å². The normalized spacial score (nSPS) is 10.9. The molecule has 1 aromatic heterocycles. The smallest absolute Gasteiger partial charge is 0.335 e. The Morgan fingerprint density at radius 2 is 1.95 bits per heavy atom. The summed E-state index contributed by atoms with van der Waals surface area (Å²) >= 11 is 3.31. The van der Waals surface area contributed by atoms with Crippen LogP contribution in [0.3, 0.4) is 0 Å². The molecule has 0 spiro atoms. The molecule has 2 aromatic carbocycles. The van der Waals surface area contributed by atoms with Gasteiger partial charge in [0.2, 0.25) is 0 Å². The van der Waals surface area contributed by atoms with Crippen molar-refractivity contribution >= 4 is 32.9 Å². The first kappa shape index (κ1) is 12.8. The third-order valence-corrected chi connectivity index (χ3v) is 3.51. The van der Waals surface area contributed by atoms with Crippen molar-refractivity contribution in [2.24, 2.45) is 0 Å². The Morgan fingerprint density at radius 1 is 1.25 bits per heavy atom. The van der Waals surface area contributed by atoms with E-state index in [0.29, 0.717) is 21.3 Å². The fourth-order valence-electron chi connectivity index (χ4n) is 1.94. The van der Waals surface area contributed by atoms with Crippen molar-refractivity contribution in [3.63, 3.8) is 0 Å². The van der Waals surface area contributed by atoms with Gasteiger partial charge in [0.15, 0.2) is 0 Å². The van der Waals surface area contributed by atoms with Crippen LogP contribution in [0.15, 0.2) is 40.9 Å². The van der Waals surface area contributed by atoms with Crippen LogP contribution in [0.25, 0.3) is 22.4 Å². The van der Waals surface area contributed by atoms with Gasteiger partial charge < -0.3 is 10.1 Å². The van der Waals surface area contributed by atoms with Crippen LogP contribution in [0.2, 0.25) is 0 Å². The van der Waals surface area contributed by atoms with Gasteiger partial charge in [0.25, 0.3) is 0 Å². The average molecular weight is 335 g/mol. The van der Waals surface area contributed by atoms with E-state index in [0.717, 1.165) is 5.56 Å². The summed E-state index contributed by atoms with van der Waals surface area (Å²) in [6.45, 7) is 0. The molecule has 0 atom stereocenters.